The predicted octanol–water partition coefficient (Wildman–Crippen LogP) is 4.73. The lowest BCUT2D eigenvalue weighted by Crippen LogP contribution is -1.97. The summed E-state index contributed by atoms with van der Waals surface area (Å²) in [6, 6.07) is 9.00. The summed E-state index contributed by atoms with van der Waals surface area (Å²) in [7, 11) is 0. The minimum Gasteiger partial charge on any atom is -0.450 e. The van der Waals surface area contributed by atoms with E-state index in [9.17, 15) is 20.2 Å². The average molecular weight is 316 g/mol. The summed E-state index contributed by atoms with van der Waals surface area (Å²) in [5.41, 5.74) is 1.07. The number of nitro groups is 2. The largest absolute Gasteiger partial charge is 0.450 e. The maximum absolute atomic E-state index is 11.1. The van der Waals surface area contributed by atoms with Crippen LogP contribution in [-0.2, 0) is 0 Å². The van der Waals surface area contributed by atoms with Crippen molar-refractivity contribution in [3.63, 3.8) is 0 Å². The van der Waals surface area contributed by atoms with Crippen molar-refractivity contribution in [3.05, 3.63) is 67.8 Å². The van der Waals surface area contributed by atoms with Gasteiger partial charge >= 0.3 is 5.69 Å². The molecule has 2 aromatic rings. The fourth-order valence-electron chi connectivity index (χ4n) is 2.05. The van der Waals surface area contributed by atoms with Crippen molar-refractivity contribution >= 4 is 11.4 Å². The maximum atomic E-state index is 11.1. The van der Waals surface area contributed by atoms with Gasteiger partial charge < -0.3 is 4.74 Å². The number of aryl methyl sites for hydroxylation is 1. The first-order chi connectivity index (χ1) is 10.8. The van der Waals surface area contributed by atoms with Gasteiger partial charge in [-0.3, -0.25) is 20.2 Å². The van der Waals surface area contributed by atoms with Crippen molar-refractivity contribution in [2.24, 2.45) is 0 Å². The van der Waals surface area contributed by atoms with Crippen LogP contribution in [0.25, 0.3) is 0 Å². The van der Waals surface area contributed by atoms with Crippen molar-refractivity contribution in [3.8, 4) is 11.5 Å². The maximum Gasteiger partial charge on any atom is 0.318 e. The van der Waals surface area contributed by atoms with E-state index in [-0.39, 0.29) is 17.4 Å². The van der Waals surface area contributed by atoms with Crippen LogP contribution in [0.4, 0.5) is 11.4 Å². The molecule has 0 bridgehead atoms. The molecule has 23 heavy (non-hydrogen) atoms. The first-order valence-corrected chi connectivity index (χ1v) is 7.01. The monoisotopic (exact) mass is 316 g/mol. The number of nitrogens with zero attached hydrogens (tertiary/aromatic N) is 2. The summed E-state index contributed by atoms with van der Waals surface area (Å²) in [6.07, 6.45) is 0. The van der Waals surface area contributed by atoms with Gasteiger partial charge in [-0.25, -0.2) is 0 Å². The molecular weight excluding hydrogens is 300 g/mol. The number of ether oxygens (including phenoxy) is 1. The van der Waals surface area contributed by atoms with Crippen molar-refractivity contribution in [1.82, 2.24) is 0 Å². The fraction of sp³-hybridized carbons (Fsp3) is 0.250. The molecule has 0 atom stereocenters. The number of nitro benzene ring substituents is 2. The highest BCUT2D eigenvalue weighted by atomic mass is 16.6. The zero-order valence-electron chi connectivity index (χ0n) is 13.0. The van der Waals surface area contributed by atoms with Crippen LogP contribution >= 0.6 is 0 Å². The Morgan fingerprint density at radius 1 is 0.957 bits per heavy atom. The second-order valence-corrected chi connectivity index (χ2v) is 5.45. The summed E-state index contributed by atoms with van der Waals surface area (Å²) in [6.45, 7) is 5.89. The van der Waals surface area contributed by atoms with Gasteiger partial charge in [-0.1, -0.05) is 26.0 Å². The van der Waals surface area contributed by atoms with Gasteiger partial charge in [-0.05, 0) is 36.1 Å². The molecular formula is C16H16N2O5. The Balaban J connectivity index is 2.46. The molecule has 0 heterocycles. The summed E-state index contributed by atoms with van der Waals surface area (Å²) < 4.78 is 5.66. The molecule has 7 nitrogen and oxygen atoms in total. The van der Waals surface area contributed by atoms with Crippen molar-refractivity contribution < 1.29 is 14.6 Å². The number of hydrogen-bond acceptors (Lipinski definition) is 5. The van der Waals surface area contributed by atoms with E-state index < -0.39 is 15.5 Å². The molecule has 0 aliphatic carbocycles. The Morgan fingerprint density at radius 3 is 2.22 bits per heavy atom. The van der Waals surface area contributed by atoms with Crippen molar-refractivity contribution in [2.45, 2.75) is 26.7 Å². The molecule has 0 N–H and O–H groups in total. The average Bonchev–Trinajstić information content (AvgIpc) is 2.49. The minimum atomic E-state index is -0.691. The SMILES string of the molecule is Cc1ccc(C(C)C)cc1Oc1ccc([N+](=O)[O-])cc1[N+](=O)[O-]. The van der Waals surface area contributed by atoms with Crippen molar-refractivity contribution in [2.75, 3.05) is 0 Å². The molecule has 0 aromatic heterocycles. The van der Waals surface area contributed by atoms with E-state index in [0.29, 0.717) is 5.75 Å². The Morgan fingerprint density at radius 2 is 1.65 bits per heavy atom. The molecule has 120 valence electrons. The van der Waals surface area contributed by atoms with Crippen LogP contribution in [0, 0.1) is 27.2 Å². The van der Waals surface area contributed by atoms with E-state index in [1.54, 1.807) is 0 Å². The third-order valence-corrected chi connectivity index (χ3v) is 3.45. The lowest BCUT2D eigenvalue weighted by molar-refractivity contribution is -0.394. The van der Waals surface area contributed by atoms with Gasteiger partial charge in [0.25, 0.3) is 5.69 Å². The van der Waals surface area contributed by atoms with Crippen LogP contribution in [0.2, 0.25) is 0 Å². The molecule has 0 saturated carbocycles. The Hall–Kier alpha value is -2.96. The Labute approximate surface area is 132 Å². The van der Waals surface area contributed by atoms with E-state index in [0.717, 1.165) is 17.2 Å². The molecule has 0 unspecified atom stereocenters. The molecule has 0 spiro atoms. The van der Waals surface area contributed by atoms with Crippen LogP contribution in [0.5, 0.6) is 11.5 Å². The van der Waals surface area contributed by atoms with Gasteiger partial charge in [0.1, 0.15) is 5.75 Å². The fourth-order valence-corrected chi connectivity index (χ4v) is 2.05. The van der Waals surface area contributed by atoms with Crippen LogP contribution in [0.15, 0.2) is 36.4 Å². The molecule has 0 radical (unpaired) electrons. The smallest absolute Gasteiger partial charge is 0.318 e. The summed E-state index contributed by atoms with van der Waals surface area (Å²) in [5.74, 6) is 0.752. The number of rotatable bonds is 5. The van der Waals surface area contributed by atoms with E-state index in [1.807, 2.05) is 39.0 Å². The second kappa shape index (κ2) is 6.43. The van der Waals surface area contributed by atoms with Gasteiger partial charge in [-0.15, -0.1) is 0 Å². The first kappa shape index (κ1) is 16.4. The van der Waals surface area contributed by atoms with E-state index >= 15 is 0 Å². The number of hydrogen-bond donors (Lipinski definition) is 0. The highest BCUT2D eigenvalue weighted by Crippen LogP contribution is 2.36. The highest BCUT2D eigenvalue weighted by molar-refractivity contribution is 5.55. The van der Waals surface area contributed by atoms with Crippen molar-refractivity contribution in [1.29, 1.82) is 0 Å². The molecule has 0 saturated heterocycles. The Kier molecular flexibility index (Phi) is 4.59. The molecule has 0 aliphatic rings. The lowest BCUT2D eigenvalue weighted by Gasteiger charge is -2.12. The molecule has 2 rings (SSSR count). The van der Waals surface area contributed by atoms with E-state index in [2.05, 4.69) is 0 Å². The lowest BCUT2D eigenvalue weighted by atomic mass is 10.0. The predicted molar refractivity (Wildman–Crippen MR) is 85.1 cm³/mol. The summed E-state index contributed by atoms with van der Waals surface area (Å²) in [5, 5.41) is 21.9. The van der Waals surface area contributed by atoms with Gasteiger partial charge in [0.2, 0.25) is 5.75 Å². The zero-order chi connectivity index (χ0) is 17.1. The van der Waals surface area contributed by atoms with Crippen LogP contribution < -0.4 is 4.74 Å². The molecule has 2 aromatic carbocycles. The number of non-ortho nitro benzene ring substituents is 1. The van der Waals surface area contributed by atoms with E-state index in [1.165, 1.54) is 12.1 Å². The molecule has 0 aliphatic heterocycles. The second-order valence-electron chi connectivity index (χ2n) is 5.45. The van der Waals surface area contributed by atoms with Gasteiger partial charge in [-0.2, -0.15) is 0 Å². The van der Waals surface area contributed by atoms with Crippen LogP contribution in [0.1, 0.15) is 30.9 Å². The van der Waals surface area contributed by atoms with Gasteiger partial charge in [0, 0.05) is 6.07 Å². The third-order valence-electron chi connectivity index (χ3n) is 3.45. The number of benzene rings is 2. The minimum absolute atomic E-state index is 0.0235. The summed E-state index contributed by atoms with van der Waals surface area (Å²) >= 11 is 0. The van der Waals surface area contributed by atoms with Gasteiger partial charge in [0.15, 0.2) is 0 Å². The standard InChI is InChI=1S/C16H16N2O5/c1-10(2)12-5-4-11(3)16(8-12)23-15-7-6-13(17(19)20)9-14(15)18(21)22/h4-10H,1-3H3. The zero-order valence-corrected chi connectivity index (χ0v) is 13.0. The first-order valence-electron chi connectivity index (χ1n) is 7.01. The normalized spacial score (nSPS) is 10.6. The molecule has 0 fully saturated rings. The molecule has 0 amide bonds. The quantitative estimate of drug-likeness (QED) is 0.587. The topological polar surface area (TPSA) is 95.5 Å². The Bertz CT molecular complexity index is 771. The molecule has 7 heteroatoms. The van der Waals surface area contributed by atoms with E-state index in [4.69, 9.17) is 4.74 Å². The highest BCUT2D eigenvalue weighted by Gasteiger charge is 2.21. The van der Waals surface area contributed by atoms with Crippen LogP contribution in [0.3, 0.4) is 0 Å². The van der Waals surface area contributed by atoms with Crippen LogP contribution in [-0.4, -0.2) is 9.85 Å². The third kappa shape index (κ3) is 3.63. The summed E-state index contributed by atoms with van der Waals surface area (Å²) in [4.78, 5) is 20.5. The van der Waals surface area contributed by atoms with Gasteiger partial charge in [0.05, 0.1) is 15.9 Å².